The van der Waals surface area contributed by atoms with E-state index in [-0.39, 0.29) is 43.3 Å². The van der Waals surface area contributed by atoms with Crippen LogP contribution < -0.4 is 0 Å². The van der Waals surface area contributed by atoms with Gasteiger partial charge in [0.1, 0.15) is 10.6 Å². The molecule has 1 aromatic heterocycles. The molecule has 0 saturated heterocycles. The summed E-state index contributed by atoms with van der Waals surface area (Å²) in [5.74, 6) is 0. The van der Waals surface area contributed by atoms with Crippen molar-refractivity contribution in [1.82, 2.24) is 15.0 Å². The number of hydrogen-bond acceptors (Lipinski definition) is 3. The Morgan fingerprint density at radius 1 is 1.11 bits per heavy atom. The van der Waals surface area contributed by atoms with E-state index in [2.05, 4.69) is 21.3 Å². The molecule has 0 N–H and O–H groups in total. The van der Waals surface area contributed by atoms with Gasteiger partial charge in [0.15, 0.2) is 0 Å². The first-order valence-electron chi connectivity index (χ1n) is 1.72. The van der Waals surface area contributed by atoms with Gasteiger partial charge in [0.2, 0.25) is 0 Å². The maximum absolute atomic E-state index is 5.27. The summed E-state index contributed by atoms with van der Waals surface area (Å²) in [6.07, 6.45) is 2.20. The van der Waals surface area contributed by atoms with Crippen molar-refractivity contribution in [3.05, 3.63) is 16.9 Å². The van der Waals surface area contributed by atoms with Gasteiger partial charge in [0, 0.05) is 6.33 Å². The maximum atomic E-state index is 5.27. The Kier molecular flexibility index (Phi) is 4.85. The van der Waals surface area contributed by atoms with Crippen molar-refractivity contribution in [2.45, 2.75) is 0 Å². The van der Waals surface area contributed by atoms with E-state index in [1.54, 1.807) is 0 Å². The molecule has 0 aromatic carbocycles. The Morgan fingerprint density at radius 2 is 1.56 bits per heavy atom. The van der Waals surface area contributed by atoms with Crippen LogP contribution in [0.15, 0.2) is 0 Å². The molecule has 0 aliphatic carbocycles. The van der Waals surface area contributed by atoms with E-state index in [1.165, 1.54) is 0 Å². The summed E-state index contributed by atoms with van der Waals surface area (Å²) >= 11 is 10.5. The first-order chi connectivity index (χ1) is 3.79. The minimum Gasteiger partial charge on any atom is -0.339 e. The summed E-state index contributed by atoms with van der Waals surface area (Å²) < 4.78 is 0. The third-order valence-corrected chi connectivity index (χ3v) is 0.807. The van der Waals surface area contributed by atoms with Gasteiger partial charge in [0.25, 0.3) is 0 Å². The minimum atomic E-state index is 0. The van der Waals surface area contributed by atoms with Crippen molar-refractivity contribution in [1.29, 1.82) is 0 Å². The van der Waals surface area contributed by atoms with Gasteiger partial charge >= 0.3 is 32.7 Å². The van der Waals surface area contributed by atoms with Crippen molar-refractivity contribution >= 4 is 23.2 Å². The minimum absolute atomic E-state index is 0. The Labute approximate surface area is 87.1 Å². The molecule has 0 radical (unpaired) electrons. The van der Waals surface area contributed by atoms with E-state index in [0.717, 1.165) is 0 Å². The van der Waals surface area contributed by atoms with Gasteiger partial charge in [-0.3, -0.25) is 0 Å². The van der Waals surface area contributed by atoms with E-state index < -0.39 is 0 Å². The predicted octanol–water partition coefficient (Wildman–Crippen LogP) is 0.976. The summed E-state index contributed by atoms with van der Waals surface area (Å²) in [6, 6.07) is 0. The third-order valence-electron chi connectivity index (χ3n) is 0.469. The summed E-state index contributed by atoms with van der Waals surface area (Å²) in [6.45, 7) is 0. The van der Waals surface area contributed by atoms with Crippen LogP contribution in [0.25, 0.3) is 0 Å². The standard InChI is InChI=1S/C3Cl2N3.Y/c4-2-6-1-7-3(5)8-2;/q-1;+3. The molecule has 0 amide bonds. The van der Waals surface area contributed by atoms with Gasteiger partial charge in [-0.05, 0) is 0 Å². The monoisotopic (exact) mass is 237 g/mol. The zero-order valence-electron chi connectivity index (χ0n) is 4.17. The Bertz CT molecular complexity index is 177. The van der Waals surface area contributed by atoms with Crippen LogP contribution in [0.2, 0.25) is 10.6 Å². The fraction of sp³-hybridized carbons (Fsp3) is 0. The van der Waals surface area contributed by atoms with E-state index in [0.29, 0.717) is 0 Å². The van der Waals surface area contributed by atoms with Crippen LogP contribution in [0.4, 0.5) is 0 Å². The van der Waals surface area contributed by atoms with Crippen LogP contribution in [0, 0.1) is 6.33 Å². The van der Waals surface area contributed by atoms with Crippen LogP contribution in [-0.2, 0) is 32.7 Å². The van der Waals surface area contributed by atoms with Gasteiger partial charge in [-0.1, -0.05) is 0 Å². The summed E-state index contributed by atoms with van der Waals surface area (Å²) in [4.78, 5) is 10.2. The molecule has 0 spiro atoms. The number of rotatable bonds is 0. The number of hydrogen-bond donors (Lipinski definition) is 0. The zero-order chi connectivity index (χ0) is 5.98. The van der Waals surface area contributed by atoms with Gasteiger partial charge in [-0.15, -0.1) is 23.2 Å². The SMILES string of the molecule is Clc1n[c-]nc(Cl)n1.[Y+3]. The summed E-state index contributed by atoms with van der Waals surface area (Å²) in [5.41, 5.74) is 0. The molecule has 42 valence electrons. The molecule has 0 aliphatic rings. The van der Waals surface area contributed by atoms with Crippen LogP contribution in [0.1, 0.15) is 0 Å². The van der Waals surface area contributed by atoms with Crippen molar-refractivity contribution < 1.29 is 32.7 Å². The van der Waals surface area contributed by atoms with Crippen molar-refractivity contribution in [2.75, 3.05) is 0 Å². The Morgan fingerprint density at radius 3 is 1.78 bits per heavy atom. The second-order valence-corrected chi connectivity index (χ2v) is 1.65. The topological polar surface area (TPSA) is 38.7 Å². The molecule has 6 heteroatoms. The largest absolute Gasteiger partial charge is 3.00 e. The first kappa shape index (κ1) is 9.69. The van der Waals surface area contributed by atoms with Gasteiger partial charge < -0.3 is 15.0 Å². The summed E-state index contributed by atoms with van der Waals surface area (Å²) in [5, 5.41) is 0.120. The molecule has 0 saturated carbocycles. The molecular weight excluding hydrogens is 238 g/mol. The maximum Gasteiger partial charge on any atom is 3.00 e. The van der Waals surface area contributed by atoms with Gasteiger partial charge in [-0.2, -0.15) is 0 Å². The third kappa shape index (κ3) is 3.41. The fourth-order valence-electron chi connectivity index (χ4n) is 0.234. The van der Waals surface area contributed by atoms with E-state index in [1.807, 2.05) is 0 Å². The summed E-state index contributed by atoms with van der Waals surface area (Å²) in [7, 11) is 0. The zero-order valence-corrected chi connectivity index (χ0v) is 8.53. The predicted molar refractivity (Wildman–Crippen MR) is 28.7 cm³/mol. The molecule has 0 bridgehead atoms. The first-order valence-corrected chi connectivity index (χ1v) is 2.48. The molecule has 3 nitrogen and oxygen atoms in total. The second kappa shape index (κ2) is 4.50. The second-order valence-electron chi connectivity index (χ2n) is 0.973. The van der Waals surface area contributed by atoms with Crippen LogP contribution in [0.3, 0.4) is 0 Å². The van der Waals surface area contributed by atoms with Crippen LogP contribution >= 0.6 is 23.2 Å². The average molecular weight is 238 g/mol. The van der Waals surface area contributed by atoms with E-state index in [4.69, 9.17) is 23.2 Å². The molecular formula is C3Cl2N3Y+2. The van der Waals surface area contributed by atoms with Crippen LogP contribution in [0.5, 0.6) is 0 Å². The Hall–Kier alpha value is 0.694. The number of halogens is 2. The molecule has 0 unspecified atom stereocenters. The smallest absolute Gasteiger partial charge is 0.339 e. The molecule has 0 aliphatic heterocycles. The quantitative estimate of drug-likeness (QED) is 0.632. The molecule has 9 heavy (non-hydrogen) atoms. The molecule has 0 atom stereocenters. The van der Waals surface area contributed by atoms with Crippen molar-refractivity contribution in [2.24, 2.45) is 0 Å². The number of nitrogens with zero attached hydrogens (tertiary/aromatic N) is 3. The average Bonchev–Trinajstić information content (AvgIpc) is 1.64. The van der Waals surface area contributed by atoms with E-state index >= 15 is 0 Å². The van der Waals surface area contributed by atoms with Gasteiger partial charge in [0.05, 0.1) is 0 Å². The number of aromatic nitrogens is 3. The normalized spacial score (nSPS) is 8.22. The van der Waals surface area contributed by atoms with Gasteiger partial charge in [-0.25, -0.2) is 0 Å². The van der Waals surface area contributed by atoms with Crippen molar-refractivity contribution in [3.63, 3.8) is 0 Å². The molecule has 1 heterocycles. The van der Waals surface area contributed by atoms with Crippen LogP contribution in [-0.4, -0.2) is 15.0 Å². The fourth-order valence-corrected chi connectivity index (χ4v) is 0.513. The molecule has 1 aromatic rings. The molecule has 1 rings (SSSR count). The molecule has 0 fully saturated rings. The Balaban J connectivity index is 0.000000640. The van der Waals surface area contributed by atoms with E-state index in [9.17, 15) is 0 Å². The van der Waals surface area contributed by atoms with Crippen molar-refractivity contribution in [3.8, 4) is 0 Å².